The zero-order chi connectivity index (χ0) is 18.8. The van der Waals surface area contributed by atoms with Crippen LogP contribution in [0, 0.1) is 20.8 Å². The average Bonchev–Trinajstić information content (AvgIpc) is 2.69. The van der Waals surface area contributed by atoms with Crippen LogP contribution in [0.1, 0.15) is 22.3 Å². The summed E-state index contributed by atoms with van der Waals surface area (Å²) in [5, 5.41) is 9.03. The highest BCUT2D eigenvalue weighted by molar-refractivity contribution is 6.00. The van der Waals surface area contributed by atoms with Gasteiger partial charge in [-0.1, -0.05) is 65.2 Å². The Bertz CT molecular complexity index is 941. The van der Waals surface area contributed by atoms with E-state index in [4.69, 9.17) is 5.10 Å². The lowest BCUT2D eigenvalue weighted by molar-refractivity contribution is 0.679. The summed E-state index contributed by atoms with van der Waals surface area (Å²) in [4.78, 5) is 0. The van der Waals surface area contributed by atoms with Crippen LogP contribution < -0.4 is 15.4 Å². The number of amidine groups is 1. The number of nitrogens with one attached hydrogen (secondary N) is 1. The summed E-state index contributed by atoms with van der Waals surface area (Å²) < 4.78 is 0. The van der Waals surface area contributed by atoms with Gasteiger partial charge in [-0.15, -0.1) is 0 Å². The number of benzene rings is 3. The molecule has 0 unspecified atom stereocenters. The molecule has 4 nitrogen and oxygen atoms in total. The van der Waals surface area contributed by atoms with Crippen LogP contribution in [0.25, 0.3) is 0 Å². The zero-order valence-electron chi connectivity index (χ0n) is 16.0. The van der Waals surface area contributed by atoms with Crippen molar-refractivity contribution in [2.75, 3.05) is 16.7 Å². The third-order valence-corrected chi connectivity index (χ3v) is 4.74. The van der Waals surface area contributed by atoms with Crippen molar-refractivity contribution < 1.29 is 0 Å². The number of hydrogen-bond acceptors (Lipinski definition) is 4. The van der Waals surface area contributed by atoms with Crippen LogP contribution in [0.5, 0.6) is 0 Å². The topological polar surface area (TPSA) is 30.9 Å². The molecule has 0 bridgehead atoms. The van der Waals surface area contributed by atoms with Crippen molar-refractivity contribution in [3.05, 3.63) is 95.1 Å². The highest BCUT2D eigenvalue weighted by Gasteiger charge is 2.21. The smallest absolute Gasteiger partial charge is 0.172 e. The normalized spacial score (nSPS) is 14.0. The van der Waals surface area contributed by atoms with E-state index in [0.29, 0.717) is 6.67 Å². The molecule has 0 fully saturated rings. The van der Waals surface area contributed by atoms with Crippen molar-refractivity contribution in [3.63, 3.8) is 0 Å². The first-order valence-corrected chi connectivity index (χ1v) is 9.19. The standard InChI is InChI=1S/C23H24N4/c1-17-4-10-20(11-5-17)23-24-26(21-12-6-18(2)7-13-21)16-27(25-23)22-14-8-19(3)9-15-22/h4-15H,16H2,1-3H3,(H,24,25). The van der Waals surface area contributed by atoms with Crippen molar-refractivity contribution in [3.8, 4) is 0 Å². The molecule has 0 aliphatic carbocycles. The third-order valence-electron chi connectivity index (χ3n) is 4.74. The number of hydrogen-bond donors (Lipinski definition) is 1. The summed E-state index contributed by atoms with van der Waals surface area (Å²) in [7, 11) is 0. The first kappa shape index (κ1) is 17.2. The van der Waals surface area contributed by atoms with Crippen LogP contribution in [0.15, 0.2) is 77.9 Å². The van der Waals surface area contributed by atoms with Crippen LogP contribution in [0.2, 0.25) is 0 Å². The molecule has 1 aliphatic rings. The summed E-state index contributed by atoms with van der Waals surface area (Å²) in [5.41, 5.74) is 10.5. The average molecular weight is 356 g/mol. The fourth-order valence-corrected chi connectivity index (χ4v) is 3.03. The van der Waals surface area contributed by atoms with E-state index in [0.717, 1.165) is 22.8 Å². The molecule has 0 atom stereocenters. The zero-order valence-corrected chi connectivity index (χ0v) is 16.0. The van der Waals surface area contributed by atoms with Crippen molar-refractivity contribution >= 4 is 17.2 Å². The summed E-state index contributed by atoms with van der Waals surface area (Å²) in [6.07, 6.45) is 0. The molecule has 27 heavy (non-hydrogen) atoms. The molecule has 1 N–H and O–H groups in total. The van der Waals surface area contributed by atoms with E-state index in [9.17, 15) is 0 Å². The summed E-state index contributed by atoms with van der Waals surface area (Å²) in [5.74, 6) is 0.836. The Morgan fingerprint density at radius 3 is 1.70 bits per heavy atom. The maximum absolute atomic E-state index is 4.87. The Morgan fingerprint density at radius 1 is 0.667 bits per heavy atom. The molecule has 0 radical (unpaired) electrons. The SMILES string of the molecule is Cc1ccc(C2=NN(c3ccc(C)cc3)CN(c3ccc(C)cc3)N2)cc1. The Hall–Kier alpha value is -3.27. The predicted octanol–water partition coefficient (Wildman–Crippen LogP) is 4.76. The maximum Gasteiger partial charge on any atom is 0.172 e. The molecule has 3 aromatic rings. The fraction of sp³-hybridized carbons (Fsp3) is 0.174. The number of nitrogens with zero attached hydrogens (tertiary/aromatic N) is 3. The first-order valence-electron chi connectivity index (χ1n) is 9.19. The maximum atomic E-state index is 4.87. The molecule has 0 spiro atoms. The van der Waals surface area contributed by atoms with Crippen LogP contribution in [0.3, 0.4) is 0 Å². The van der Waals surface area contributed by atoms with Gasteiger partial charge < -0.3 is 0 Å². The van der Waals surface area contributed by atoms with Gasteiger partial charge in [0.1, 0.15) is 6.67 Å². The van der Waals surface area contributed by atoms with E-state index in [1.54, 1.807) is 0 Å². The second kappa shape index (κ2) is 7.16. The van der Waals surface area contributed by atoms with E-state index >= 15 is 0 Å². The minimum atomic E-state index is 0.626. The van der Waals surface area contributed by atoms with E-state index < -0.39 is 0 Å². The van der Waals surface area contributed by atoms with Gasteiger partial charge in [0.05, 0.1) is 11.4 Å². The molecular formula is C23H24N4. The molecular weight excluding hydrogens is 332 g/mol. The Kier molecular flexibility index (Phi) is 4.55. The number of anilines is 2. The number of aryl methyl sites for hydroxylation is 3. The van der Waals surface area contributed by atoms with Crippen LogP contribution >= 0.6 is 0 Å². The minimum Gasteiger partial charge on any atom is -0.278 e. The van der Waals surface area contributed by atoms with Gasteiger partial charge in [-0.2, -0.15) is 5.10 Å². The largest absolute Gasteiger partial charge is 0.278 e. The third kappa shape index (κ3) is 3.80. The van der Waals surface area contributed by atoms with Gasteiger partial charge in [0.15, 0.2) is 5.84 Å². The van der Waals surface area contributed by atoms with Gasteiger partial charge in [-0.3, -0.25) is 10.4 Å². The van der Waals surface area contributed by atoms with Crippen LogP contribution in [-0.4, -0.2) is 12.5 Å². The number of hydrazone groups is 1. The van der Waals surface area contributed by atoms with Gasteiger partial charge in [0, 0.05) is 5.56 Å². The van der Waals surface area contributed by atoms with E-state index in [1.807, 2.05) is 5.01 Å². The minimum absolute atomic E-state index is 0.626. The highest BCUT2D eigenvalue weighted by atomic mass is 15.7. The van der Waals surface area contributed by atoms with Crippen LogP contribution in [0.4, 0.5) is 11.4 Å². The Morgan fingerprint density at radius 2 is 1.15 bits per heavy atom. The van der Waals surface area contributed by atoms with Crippen molar-refractivity contribution in [1.82, 2.24) is 5.43 Å². The summed E-state index contributed by atoms with van der Waals surface area (Å²) in [6.45, 7) is 6.92. The van der Waals surface area contributed by atoms with Crippen LogP contribution in [-0.2, 0) is 0 Å². The molecule has 1 heterocycles. The van der Waals surface area contributed by atoms with Crippen molar-refractivity contribution in [1.29, 1.82) is 0 Å². The number of rotatable bonds is 3. The fourth-order valence-electron chi connectivity index (χ4n) is 3.03. The molecule has 1 aliphatic heterocycles. The van der Waals surface area contributed by atoms with Gasteiger partial charge in [-0.05, 0) is 45.0 Å². The van der Waals surface area contributed by atoms with E-state index in [1.165, 1.54) is 16.7 Å². The second-order valence-electron chi connectivity index (χ2n) is 7.07. The molecule has 4 rings (SSSR count). The molecule has 3 aromatic carbocycles. The van der Waals surface area contributed by atoms with Crippen molar-refractivity contribution in [2.24, 2.45) is 5.10 Å². The van der Waals surface area contributed by atoms with Gasteiger partial charge in [0.25, 0.3) is 0 Å². The molecule has 0 amide bonds. The molecule has 0 saturated carbocycles. The number of hydrazine groups is 1. The van der Waals surface area contributed by atoms with Crippen molar-refractivity contribution in [2.45, 2.75) is 20.8 Å². The van der Waals surface area contributed by atoms with Gasteiger partial charge in [0.2, 0.25) is 0 Å². The molecule has 0 aromatic heterocycles. The van der Waals surface area contributed by atoms with Gasteiger partial charge >= 0.3 is 0 Å². The highest BCUT2D eigenvalue weighted by Crippen LogP contribution is 2.22. The lowest BCUT2D eigenvalue weighted by atomic mass is 10.1. The molecule has 4 heteroatoms. The monoisotopic (exact) mass is 356 g/mol. The summed E-state index contributed by atoms with van der Waals surface area (Å²) >= 11 is 0. The second-order valence-corrected chi connectivity index (χ2v) is 7.07. The Balaban J connectivity index is 1.72. The first-order chi connectivity index (χ1) is 13.1. The van der Waals surface area contributed by atoms with E-state index in [-0.39, 0.29) is 0 Å². The molecule has 136 valence electrons. The molecule has 0 saturated heterocycles. The lowest BCUT2D eigenvalue weighted by Gasteiger charge is -2.36. The van der Waals surface area contributed by atoms with Gasteiger partial charge in [-0.25, -0.2) is 5.01 Å². The lowest BCUT2D eigenvalue weighted by Crippen LogP contribution is -2.53. The summed E-state index contributed by atoms with van der Waals surface area (Å²) in [6, 6.07) is 25.4. The Labute approximate surface area is 160 Å². The van der Waals surface area contributed by atoms with E-state index in [2.05, 4.69) is 104 Å². The predicted molar refractivity (Wildman–Crippen MR) is 113 cm³/mol. The quantitative estimate of drug-likeness (QED) is 0.734.